The molecule has 1 nitrogen and oxygen atoms in total. The minimum absolute atomic E-state index is 0. The Morgan fingerprint density at radius 2 is 1.88 bits per heavy atom. The molecule has 0 bridgehead atoms. The predicted octanol–water partition coefficient (Wildman–Crippen LogP) is 3.83. The van der Waals surface area contributed by atoms with E-state index >= 15 is 0 Å². The van der Waals surface area contributed by atoms with Gasteiger partial charge in [-0.15, -0.1) is 12.4 Å². The topological polar surface area (TPSA) is 26.0 Å². The molecule has 16 heavy (non-hydrogen) atoms. The Morgan fingerprint density at radius 1 is 1.19 bits per heavy atom. The third-order valence-corrected chi connectivity index (χ3v) is 3.39. The van der Waals surface area contributed by atoms with E-state index in [2.05, 4.69) is 0 Å². The summed E-state index contributed by atoms with van der Waals surface area (Å²) < 4.78 is 13.0. The Balaban J connectivity index is 0.00000128. The van der Waals surface area contributed by atoms with Crippen LogP contribution in [0.4, 0.5) is 4.39 Å². The molecule has 1 aromatic carbocycles. The van der Waals surface area contributed by atoms with Crippen LogP contribution in [0.2, 0.25) is 0 Å². The van der Waals surface area contributed by atoms with Gasteiger partial charge in [0.25, 0.3) is 0 Å². The van der Waals surface area contributed by atoms with Crippen molar-refractivity contribution in [1.82, 2.24) is 0 Å². The van der Waals surface area contributed by atoms with Gasteiger partial charge in [-0.1, -0.05) is 31.4 Å². The van der Waals surface area contributed by atoms with Gasteiger partial charge in [0.2, 0.25) is 0 Å². The zero-order valence-electron chi connectivity index (χ0n) is 9.36. The van der Waals surface area contributed by atoms with E-state index in [1.165, 1.54) is 38.2 Å². The molecule has 2 rings (SSSR count). The van der Waals surface area contributed by atoms with E-state index in [0.29, 0.717) is 5.92 Å². The first kappa shape index (κ1) is 13.5. The van der Waals surface area contributed by atoms with E-state index in [4.69, 9.17) is 5.73 Å². The van der Waals surface area contributed by atoms with Crippen LogP contribution in [0, 0.1) is 11.7 Å². The second-order valence-corrected chi connectivity index (χ2v) is 4.48. The largest absolute Gasteiger partial charge is 0.324 e. The summed E-state index contributed by atoms with van der Waals surface area (Å²) in [6.07, 6.45) is 6.25. The van der Waals surface area contributed by atoms with Gasteiger partial charge in [0.05, 0.1) is 0 Å². The SMILES string of the molecule is Cl.N[C@H](c1cccc(F)c1)C1CCCCC1. The van der Waals surface area contributed by atoms with E-state index in [9.17, 15) is 4.39 Å². The van der Waals surface area contributed by atoms with Gasteiger partial charge in [0.1, 0.15) is 5.82 Å². The molecule has 0 saturated heterocycles. The number of benzene rings is 1. The lowest BCUT2D eigenvalue weighted by molar-refractivity contribution is 0.308. The highest BCUT2D eigenvalue weighted by molar-refractivity contribution is 5.85. The standard InChI is InChI=1S/C13H18FN.ClH/c14-12-8-4-7-11(9-12)13(15)10-5-2-1-3-6-10;/h4,7-10,13H,1-3,5-6,15H2;1H/t13-;/m0./s1. The Hall–Kier alpha value is -0.600. The van der Waals surface area contributed by atoms with Crippen molar-refractivity contribution >= 4 is 12.4 Å². The summed E-state index contributed by atoms with van der Waals surface area (Å²) in [5.41, 5.74) is 7.12. The minimum Gasteiger partial charge on any atom is -0.324 e. The van der Waals surface area contributed by atoms with Crippen LogP contribution in [0.5, 0.6) is 0 Å². The van der Waals surface area contributed by atoms with Crippen molar-refractivity contribution in [3.8, 4) is 0 Å². The molecule has 1 aromatic rings. The van der Waals surface area contributed by atoms with E-state index in [1.807, 2.05) is 6.07 Å². The van der Waals surface area contributed by atoms with E-state index in [-0.39, 0.29) is 24.3 Å². The molecule has 0 aliphatic heterocycles. The van der Waals surface area contributed by atoms with Crippen molar-refractivity contribution in [2.24, 2.45) is 11.7 Å². The van der Waals surface area contributed by atoms with Crippen LogP contribution in [0.1, 0.15) is 43.7 Å². The lowest BCUT2D eigenvalue weighted by Crippen LogP contribution is -2.23. The Bertz CT molecular complexity index is 323. The normalized spacial score (nSPS) is 18.9. The van der Waals surface area contributed by atoms with Gasteiger partial charge in [0, 0.05) is 6.04 Å². The zero-order chi connectivity index (χ0) is 10.7. The molecule has 2 N–H and O–H groups in total. The molecule has 0 aromatic heterocycles. The summed E-state index contributed by atoms with van der Waals surface area (Å²) >= 11 is 0. The summed E-state index contributed by atoms with van der Waals surface area (Å²) in [6.45, 7) is 0. The van der Waals surface area contributed by atoms with Gasteiger partial charge in [0.15, 0.2) is 0 Å². The molecule has 0 radical (unpaired) electrons. The number of hydrogen-bond donors (Lipinski definition) is 1. The van der Waals surface area contributed by atoms with Crippen LogP contribution < -0.4 is 5.73 Å². The van der Waals surface area contributed by atoms with Crippen molar-refractivity contribution in [2.75, 3.05) is 0 Å². The van der Waals surface area contributed by atoms with Crippen LogP contribution in [-0.4, -0.2) is 0 Å². The molecule has 3 heteroatoms. The maximum absolute atomic E-state index is 13.0. The monoisotopic (exact) mass is 243 g/mol. The molecule has 1 atom stereocenters. The first-order valence-corrected chi connectivity index (χ1v) is 5.78. The number of rotatable bonds is 2. The number of hydrogen-bond acceptors (Lipinski definition) is 1. The van der Waals surface area contributed by atoms with E-state index in [0.717, 1.165) is 5.56 Å². The maximum atomic E-state index is 13.0. The van der Waals surface area contributed by atoms with Gasteiger partial charge < -0.3 is 5.73 Å². The third kappa shape index (κ3) is 3.19. The summed E-state index contributed by atoms with van der Waals surface area (Å²) in [5, 5.41) is 0. The Kier molecular flexibility index (Phi) is 5.23. The molecular formula is C13H19ClFN. The first-order valence-electron chi connectivity index (χ1n) is 5.78. The lowest BCUT2D eigenvalue weighted by Gasteiger charge is -2.27. The molecule has 0 amide bonds. The summed E-state index contributed by atoms with van der Waals surface area (Å²) in [7, 11) is 0. The highest BCUT2D eigenvalue weighted by atomic mass is 35.5. The fourth-order valence-corrected chi connectivity index (χ4v) is 2.48. The fraction of sp³-hybridized carbons (Fsp3) is 0.538. The van der Waals surface area contributed by atoms with E-state index in [1.54, 1.807) is 12.1 Å². The van der Waals surface area contributed by atoms with Gasteiger partial charge in [-0.25, -0.2) is 4.39 Å². The molecule has 90 valence electrons. The van der Waals surface area contributed by atoms with Gasteiger partial charge >= 0.3 is 0 Å². The van der Waals surface area contributed by atoms with Gasteiger partial charge in [-0.3, -0.25) is 0 Å². The van der Waals surface area contributed by atoms with Crippen LogP contribution in [0.25, 0.3) is 0 Å². The second-order valence-electron chi connectivity index (χ2n) is 4.48. The Morgan fingerprint density at radius 3 is 2.50 bits per heavy atom. The Labute approximate surface area is 103 Å². The molecular weight excluding hydrogens is 225 g/mol. The highest BCUT2D eigenvalue weighted by Crippen LogP contribution is 2.32. The van der Waals surface area contributed by atoms with Crippen molar-refractivity contribution in [3.05, 3.63) is 35.6 Å². The smallest absolute Gasteiger partial charge is 0.123 e. The van der Waals surface area contributed by atoms with Crippen LogP contribution in [0.3, 0.4) is 0 Å². The average Bonchev–Trinajstić information content (AvgIpc) is 2.29. The third-order valence-electron chi connectivity index (χ3n) is 3.39. The number of halogens is 2. The van der Waals surface area contributed by atoms with Crippen LogP contribution >= 0.6 is 12.4 Å². The quantitative estimate of drug-likeness (QED) is 0.840. The van der Waals surface area contributed by atoms with Gasteiger partial charge in [-0.2, -0.15) is 0 Å². The van der Waals surface area contributed by atoms with Crippen LogP contribution in [0.15, 0.2) is 24.3 Å². The lowest BCUT2D eigenvalue weighted by atomic mass is 9.81. The minimum atomic E-state index is -0.182. The fourth-order valence-electron chi connectivity index (χ4n) is 2.48. The van der Waals surface area contributed by atoms with Crippen molar-refractivity contribution < 1.29 is 4.39 Å². The van der Waals surface area contributed by atoms with Crippen molar-refractivity contribution in [1.29, 1.82) is 0 Å². The molecule has 0 unspecified atom stereocenters. The first-order chi connectivity index (χ1) is 7.27. The molecule has 0 spiro atoms. The molecule has 1 saturated carbocycles. The summed E-state index contributed by atoms with van der Waals surface area (Å²) in [4.78, 5) is 0. The maximum Gasteiger partial charge on any atom is 0.123 e. The van der Waals surface area contributed by atoms with Crippen molar-refractivity contribution in [3.63, 3.8) is 0 Å². The van der Waals surface area contributed by atoms with Crippen LogP contribution in [-0.2, 0) is 0 Å². The second kappa shape index (κ2) is 6.21. The molecule has 0 heterocycles. The number of nitrogens with two attached hydrogens (primary N) is 1. The predicted molar refractivity (Wildman–Crippen MR) is 67.2 cm³/mol. The molecule has 1 fully saturated rings. The average molecular weight is 244 g/mol. The molecule has 1 aliphatic carbocycles. The van der Waals surface area contributed by atoms with Gasteiger partial charge in [-0.05, 0) is 36.5 Å². The summed E-state index contributed by atoms with van der Waals surface area (Å²) in [5.74, 6) is 0.360. The van der Waals surface area contributed by atoms with Crippen molar-refractivity contribution in [2.45, 2.75) is 38.1 Å². The molecule has 1 aliphatic rings. The van der Waals surface area contributed by atoms with E-state index < -0.39 is 0 Å². The highest BCUT2D eigenvalue weighted by Gasteiger charge is 2.21. The zero-order valence-corrected chi connectivity index (χ0v) is 10.2. The summed E-state index contributed by atoms with van der Waals surface area (Å²) in [6, 6.07) is 6.73.